The van der Waals surface area contributed by atoms with Crippen molar-refractivity contribution in [2.75, 3.05) is 13.2 Å². The second kappa shape index (κ2) is 6.05. The van der Waals surface area contributed by atoms with Crippen LogP contribution in [0.1, 0.15) is 36.0 Å². The first-order valence-corrected chi connectivity index (χ1v) is 6.23. The highest BCUT2D eigenvalue weighted by atomic mass is 19.1. The van der Waals surface area contributed by atoms with Gasteiger partial charge in [-0.3, -0.25) is 4.79 Å². The second-order valence-corrected chi connectivity index (χ2v) is 4.71. The van der Waals surface area contributed by atoms with Crippen LogP contribution in [0.15, 0.2) is 18.2 Å². The van der Waals surface area contributed by atoms with Crippen molar-refractivity contribution in [1.82, 2.24) is 0 Å². The molecule has 0 spiro atoms. The van der Waals surface area contributed by atoms with Crippen LogP contribution in [0.25, 0.3) is 0 Å². The summed E-state index contributed by atoms with van der Waals surface area (Å²) in [5.74, 6) is -1.32. The molecule has 0 atom stereocenters. The van der Waals surface area contributed by atoms with Crippen LogP contribution in [0.2, 0.25) is 0 Å². The van der Waals surface area contributed by atoms with E-state index in [-0.39, 0.29) is 12.2 Å². The fourth-order valence-corrected chi connectivity index (χ4v) is 2.28. The van der Waals surface area contributed by atoms with Gasteiger partial charge in [0.25, 0.3) is 0 Å². The summed E-state index contributed by atoms with van der Waals surface area (Å²) in [6.07, 6.45) is 4.67. The van der Waals surface area contributed by atoms with E-state index < -0.39 is 17.4 Å². The summed E-state index contributed by atoms with van der Waals surface area (Å²) in [6, 6.07) is 2.86. The van der Waals surface area contributed by atoms with Gasteiger partial charge < -0.3 is 4.74 Å². The Bertz CT molecular complexity index is 426. The van der Waals surface area contributed by atoms with Crippen molar-refractivity contribution in [3.8, 4) is 0 Å². The van der Waals surface area contributed by atoms with E-state index in [4.69, 9.17) is 4.74 Å². The minimum atomic E-state index is -0.703. The Kier molecular flexibility index (Phi) is 4.42. The van der Waals surface area contributed by atoms with E-state index in [0.717, 1.165) is 31.0 Å². The van der Waals surface area contributed by atoms with E-state index in [1.54, 1.807) is 0 Å². The molecule has 0 radical (unpaired) electrons. The number of Topliss-reactive ketones (excluding diaryl/α,β-unsaturated/α-hetero) is 1. The highest BCUT2D eigenvalue weighted by Crippen LogP contribution is 2.24. The van der Waals surface area contributed by atoms with Crippen LogP contribution in [-0.4, -0.2) is 19.0 Å². The van der Waals surface area contributed by atoms with Crippen molar-refractivity contribution in [2.24, 2.45) is 5.92 Å². The maximum atomic E-state index is 13.3. The lowest BCUT2D eigenvalue weighted by atomic mass is 10.1. The number of ether oxygens (including phenoxy) is 1. The summed E-state index contributed by atoms with van der Waals surface area (Å²) in [5, 5.41) is 0. The molecule has 1 fully saturated rings. The van der Waals surface area contributed by atoms with Crippen LogP contribution >= 0.6 is 0 Å². The second-order valence-electron chi connectivity index (χ2n) is 4.71. The number of carbonyl (C=O) groups excluding carboxylic acids is 1. The van der Waals surface area contributed by atoms with E-state index in [9.17, 15) is 13.6 Å². The zero-order valence-electron chi connectivity index (χ0n) is 10.1. The molecule has 4 heteroatoms. The molecule has 1 aromatic carbocycles. The van der Waals surface area contributed by atoms with Gasteiger partial charge in [-0.25, -0.2) is 8.78 Å². The normalized spacial score (nSPS) is 16.1. The predicted octanol–water partition coefficient (Wildman–Crippen LogP) is 3.35. The van der Waals surface area contributed by atoms with Crippen LogP contribution in [0.5, 0.6) is 0 Å². The van der Waals surface area contributed by atoms with E-state index >= 15 is 0 Å². The molecule has 0 amide bonds. The molecule has 0 aliphatic heterocycles. The number of carbonyl (C=O) groups is 1. The number of ketones is 1. The number of rotatable bonds is 5. The number of hydrogen-bond donors (Lipinski definition) is 0. The summed E-state index contributed by atoms with van der Waals surface area (Å²) >= 11 is 0. The monoisotopic (exact) mass is 254 g/mol. The van der Waals surface area contributed by atoms with E-state index in [1.807, 2.05) is 0 Å². The molecule has 1 saturated carbocycles. The molecule has 0 saturated heterocycles. The Morgan fingerprint density at radius 1 is 1.28 bits per heavy atom. The SMILES string of the molecule is O=C(COCC1CCCC1)c1cc(F)ccc1F. The maximum Gasteiger partial charge on any atom is 0.191 e. The van der Waals surface area contributed by atoms with Crippen molar-refractivity contribution in [3.05, 3.63) is 35.4 Å². The van der Waals surface area contributed by atoms with Gasteiger partial charge in [0.05, 0.1) is 12.2 Å². The van der Waals surface area contributed by atoms with Crippen LogP contribution in [-0.2, 0) is 4.74 Å². The molecule has 98 valence electrons. The molecular weight excluding hydrogens is 238 g/mol. The zero-order chi connectivity index (χ0) is 13.0. The zero-order valence-corrected chi connectivity index (χ0v) is 10.1. The fourth-order valence-electron chi connectivity index (χ4n) is 2.28. The number of hydrogen-bond acceptors (Lipinski definition) is 2. The first-order valence-electron chi connectivity index (χ1n) is 6.23. The van der Waals surface area contributed by atoms with E-state index in [1.165, 1.54) is 12.8 Å². The molecule has 2 nitrogen and oxygen atoms in total. The minimum absolute atomic E-state index is 0.184. The molecule has 18 heavy (non-hydrogen) atoms. The van der Waals surface area contributed by atoms with Gasteiger partial charge >= 0.3 is 0 Å². The average Bonchev–Trinajstić information content (AvgIpc) is 2.85. The molecule has 1 aliphatic rings. The van der Waals surface area contributed by atoms with Crippen molar-refractivity contribution in [3.63, 3.8) is 0 Å². The molecule has 2 rings (SSSR count). The topological polar surface area (TPSA) is 26.3 Å². The van der Waals surface area contributed by atoms with Gasteiger partial charge in [0, 0.05) is 0 Å². The summed E-state index contributed by atoms with van der Waals surface area (Å²) in [4.78, 5) is 11.7. The lowest BCUT2D eigenvalue weighted by Gasteiger charge is -2.09. The van der Waals surface area contributed by atoms with Crippen LogP contribution in [0.4, 0.5) is 8.78 Å². The van der Waals surface area contributed by atoms with Crippen LogP contribution < -0.4 is 0 Å². The third-order valence-corrected chi connectivity index (χ3v) is 3.29. The van der Waals surface area contributed by atoms with E-state index in [2.05, 4.69) is 0 Å². The lowest BCUT2D eigenvalue weighted by molar-refractivity contribution is 0.0677. The molecule has 0 unspecified atom stereocenters. The van der Waals surface area contributed by atoms with Crippen molar-refractivity contribution < 1.29 is 18.3 Å². The van der Waals surface area contributed by atoms with E-state index in [0.29, 0.717) is 12.5 Å². The Morgan fingerprint density at radius 3 is 2.72 bits per heavy atom. The minimum Gasteiger partial charge on any atom is -0.373 e. The Morgan fingerprint density at radius 2 is 2.00 bits per heavy atom. The molecule has 0 aromatic heterocycles. The summed E-state index contributed by atoms with van der Waals surface area (Å²) < 4.78 is 31.5. The third kappa shape index (κ3) is 3.35. The molecular formula is C14H16F2O2. The summed E-state index contributed by atoms with van der Waals surface area (Å²) in [6.45, 7) is 0.347. The van der Waals surface area contributed by atoms with Crippen molar-refractivity contribution in [2.45, 2.75) is 25.7 Å². The predicted molar refractivity (Wildman–Crippen MR) is 63.5 cm³/mol. The Hall–Kier alpha value is -1.29. The van der Waals surface area contributed by atoms with Crippen molar-refractivity contribution >= 4 is 5.78 Å². The fraction of sp³-hybridized carbons (Fsp3) is 0.500. The molecule has 0 bridgehead atoms. The van der Waals surface area contributed by atoms with Crippen LogP contribution in [0.3, 0.4) is 0 Å². The lowest BCUT2D eigenvalue weighted by Crippen LogP contribution is -2.15. The molecule has 1 aromatic rings. The first-order chi connectivity index (χ1) is 8.66. The summed E-state index contributed by atoms with van der Waals surface area (Å²) in [5.41, 5.74) is -0.235. The van der Waals surface area contributed by atoms with Gasteiger partial charge in [-0.1, -0.05) is 12.8 Å². The van der Waals surface area contributed by atoms with Gasteiger partial charge in [0.1, 0.15) is 18.2 Å². The van der Waals surface area contributed by atoms with Crippen LogP contribution in [0, 0.1) is 17.6 Å². The molecule has 0 N–H and O–H groups in total. The molecule has 0 heterocycles. The average molecular weight is 254 g/mol. The standard InChI is InChI=1S/C14H16F2O2/c15-11-5-6-13(16)12(7-11)14(17)9-18-8-10-3-1-2-4-10/h5-7,10H,1-4,8-9H2. The highest BCUT2D eigenvalue weighted by molar-refractivity contribution is 5.97. The van der Waals surface area contributed by atoms with Gasteiger partial charge in [0.2, 0.25) is 0 Å². The van der Waals surface area contributed by atoms with Gasteiger partial charge in [0.15, 0.2) is 5.78 Å². The Balaban J connectivity index is 1.85. The highest BCUT2D eigenvalue weighted by Gasteiger charge is 2.17. The maximum absolute atomic E-state index is 13.3. The van der Waals surface area contributed by atoms with Gasteiger partial charge in [-0.05, 0) is 37.0 Å². The van der Waals surface area contributed by atoms with Crippen molar-refractivity contribution in [1.29, 1.82) is 0 Å². The van der Waals surface area contributed by atoms with Gasteiger partial charge in [-0.2, -0.15) is 0 Å². The number of halogens is 2. The smallest absolute Gasteiger partial charge is 0.191 e. The largest absolute Gasteiger partial charge is 0.373 e. The molecule has 1 aliphatic carbocycles. The summed E-state index contributed by atoms with van der Waals surface area (Å²) in [7, 11) is 0. The quantitative estimate of drug-likeness (QED) is 0.753. The Labute approximate surface area is 105 Å². The van der Waals surface area contributed by atoms with Gasteiger partial charge in [-0.15, -0.1) is 0 Å². The third-order valence-electron chi connectivity index (χ3n) is 3.29. The first kappa shape index (κ1) is 13.1. The number of benzene rings is 1.